The summed E-state index contributed by atoms with van der Waals surface area (Å²) in [4.78, 5) is 16.8. The lowest BCUT2D eigenvalue weighted by molar-refractivity contribution is 0.416. The molecule has 0 fully saturated rings. The van der Waals surface area contributed by atoms with Gasteiger partial charge < -0.3 is 10.5 Å². The van der Waals surface area contributed by atoms with Crippen molar-refractivity contribution in [3.8, 4) is 16.3 Å². The summed E-state index contributed by atoms with van der Waals surface area (Å²) in [6.45, 7) is 0.230. The Morgan fingerprint density at radius 1 is 1.40 bits per heavy atom. The third kappa shape index (κ3) is 2.06. The van der Waals surface area contributed by atoms with Gasteiger partial charge in [0.2, 0.25) is 4.96 Å². The summed E-state index contributed by atoms with van der Waals surface area (Å²) >= 11 is 1.33. The van der Waals surface area contributed by atoms with Gasteiger partial charge >= 0.3 is 0 Å². The van der Waals surface area contributed by atoms with E-state index < -0.39 is 0 Å². The van der Waals surface area contributed by atoms with Crippen LogP contribution in [0, 0.1) is 0 Å². The van der Waals surface area contributed by atoms with Crippen LogP contribution in [0.3, 0.4) is 0 Å². The van der Waals surface area contributed by atoms with E-state index in [0.717, 1.165) is 5.56 Å². The summed E-state index contributed by atoms with van der Waals surface area (Å²) in [7, 11) is 1.60. The predicted octanol–water partition coefficient (Wildman–Crippen LogP) is 1.29. The fourth-order valence-electron chi connectivity index (χ4n) is 1.89. The van der Waals surface area contributed by atoms with Crippen LogP contribution in [0.25, 0.3) is 15.5 Å². The van der Waals surface area contributed by atoms with E-state index in [-0.39, 0.29) is 12.1 Å². The summed E-state index contributed by atoms with van der Waals surface area (Å²) < 4.78 is 6.59. The molecule has 0 atom stereocenters. The summed E-state index contributed by atoms with van der Waals surface area (Å²) in [5.74, 6) is 0.707. The van der Waals surface area contributed by atoms with Crippen LogP contribution in [0.4, 0.5) is 0 Å². The molecule has 0 radical (unpaired) electrons. The average Bonchev–Trinajstić information content (AvgIpc) is 2.91. The summed E-state index contributed by atoms with van der Waals surface area (Å²) in [5, 5.41) is 4.99. The number of hydrogen-bond donors (Lipinski definition) is 1. The van der Waals surface area contributed by atoms with Gasteiger partial charge in [0.25, 0.3) is 5.56 Å². The topological polar surface area (TPSA) is 82.5 Å². The zero-order valence-electron chi connectivity index (χ0n) is 10.7. The monoisotopic (exact) mass is 288 g/mol. The van der Waals surface area contributed by atoms with Crippen molar-refractivity contribution in [1.82, 2.24) is 14.6 Å². The maximum Gasteiger partial charge on any atom is 0.275 e. The minimum Gasteiger partial charge on any atom is -0.496 e. The summed E-state index contributed by atoms with van der Waals surface area (Å²) in [6.07, 6.45) is 0. The molecule has 102 valence electrons. The van der Waals surface area contributed by atoms with Crippen molar-refractivity contribution in [2.75, 3.05) is 7.11 Å². The van der Waals surface area contributed by atoms with Crippen molar-refractivity contribution in [1.29, 1.82) is 0 Å². The molecule has 7 heteroatoms. The molecule has 0 aliphatic heterocycles. The molecule has 3 aromatic rings. The molecule has 0 unspecified atom stereocenters. The molecular formula is C13H12N4O2S. The second-order valence-electron chi connectivity index (χ2n) is 4.09. The normalized spacial score (nSPS) is 10.9. The standard InChI is InChI=1S/C13H12N4O2S/c1-19-10-5-3-2-4-9(10)12-16-17-11(18)6-8(7-14)15-13(17)20-12/h2-6H,7,14H2,1H3. The molecule has 3 rings (SSSR count). The molecule has 2 N–H and O–H groups in total. The lowest BCUT2D eigenvalue weighted by Crippen LogP contribution is -2.16. The van der Waals surface area contributed by atoms with Gasteiger partial charge in [0, 0.05) is 12.6 Å². The van der Waals surface area contributed by atoms with E-state index in [1.807, 2.05) is 24.3 Å². The molecule has 0 saturated carbocycles. The first-order valence-corrected chi connectivity index (χ1v) is 6.78. The van der Waals surface area contributed by atoms with E-state index in [4.69, 9.17) is 10.5 Å². The second-order valence-corrected chi connectivity index (χ2v) is 5.05. The molecule has 1 aromatic carbocycles. The van der Waals surface area contributed by atoms with Gasteiger partial charge in [0.1, 0.15) is 5.75 Å². The number of nitrogens with zero attached hydrogens (tertiary/aromatic N) is 3. The fraction of sp³-hybridized carbons (Fsp3) is 0.154. The Kier molecular flexibility index (Phi) is 3.21. The van der Waals surface area contributed by atoms with E-state index in [1.54, 1.807) is 7.11 Å². The van der Waals surface area contributed by atoms with Crippen molar-refractivity contribution in [2.24, 2.45) is 5.73 Å². The van der Waals surface area contributed by atoms with Crippen molar-refractivity contribution < 1.29 is 4.74 Å². The number of rotatable bonds is 3. The fourth-order valence-corrected chi connectivity index (χ4v) is 2.85. The van der Waals surface area contributed by atoms with Gasteiger partial charge in [-0.25, -0.2) is 4.98 Å². The van der Waals surface area contributed by atoms with E-state index in [2.05, 4.69) is 10.1 Å². The maximum atomic E-state index is 11.9. The van der Waals surface area contributed by atoms with Crippen molar-refractivity contribution >= 4 is 16.3 Å². The van der Waals surface area contributed by atoms with Gasteiger partial charge in [-0.1, -0.05) is 23.5 Å². The first-order chi connectivity index (χ1) is 9.72. The molecule has 0 spiro atoms. The Hall–Kier alpha value is -2.25. The largest absolute Gasteiger partial charge is 0.496 e. The van der Waals surface area contributed by atoms with E-state index in [1.165, 1.54) is 21.9 Å². The highest BCUT2D eigenvalue weighted by atomic mass is 32.1. The zero-order valence-corrected chi connectivity index (χ0v) is 11.6. The average molecular weight is 288 g/mol. The Balaban J connectivity index is 2.23. The molecule has 0 aliphatic rings. The minimum atomic E-state index is -0.229. The smallest absolute Gasteiger partial charge is 0.275 e. The zero-order chi connectivity index (χ0) is 14.1. The lowest BCUT2D eigenvalue weighted by atomic mass is 10.2. The number of ether oxygens (including phenoxy) is 1. The molecular weight excluding hydrogens is 276 g/mol. The maximum absolute atomic E-state index is 11.9. The van der Waals surface area contributed by atoms with Crippen LogP contribution >= 0.6 is 11.3 Å². The summed E-state index contributed by atoms with van der Waals surface area (Å²) in [6, 6.07) is 8.92. The van der Waals surface area contributed by atoms with Crippen LogP contribution in [-0.4, -0.2) is 21.7 Å². The minimum absolute atomic E-state index is 0.229. The van der Waals surface area contributed by atoms with Crippen LogP contribution in [0.2, 0.25) is 0 Å². The van der Waals surface area contributed by atoms with Crippen LogP contribution in [0.15, 0.2) is 35.1 Å². The highest BCUT2D eigenvalue weighted by molar-refractivity contribution is 7.19. The molecule has 2 heterocycles. The number of hydrogen-bond acceptors (Lipinski definition) is 6. The van der Waals surface area contributed by atoms with E-state index >= 15 is 0 Å². The number of fused-ring (bicyclic) bond motifs is 1. The van der Waals surface area contributed by atoms with Crippen molar-refractivity contribution in [3.05, 3.63) is 46.4 Å². The number of aromatic nitrogens is 3. The van der Waals surface area contributed by atoms with Crippen LogP contribution in [-0.2, 0) is 6.54 Å². The molecule has 20 heavy (non-hydrogen) atoms. The quantitative estimate of drug-likeness (QED) is 0.785. The van der Waals surface area contributed by atoms with Gasteiger partial charge in [-0.15, -0.1) is 0 Å². The van der Waals surface area contributed by atoms with Crippen LogP contribution in [0.5, 0.6) is 5.75 Å². The molecule has 0 saturated heterocycles. The SMILES string of the molecule is COc1ccccc1-c1nn2c(=O)cc(CN)nc2s1. The molecule has 0 amide bonds. The Morgan fingerprint density at radius 3 is 2.95 bits per heavy atom. The lowest BCUT2D eigenvalue weighted by Gasteiger charge is -2.03. The Labute approximate surface area is 118 Å². The van der Waals surface area contributed by atoms with Crippen molar-refractivity contribution in [3.63, 3.8) is 0 Å². The first kappa shape index (κ1) is 12.8. The predicted molar refractivity (Wildman–Crippen MR) is 77.0 cm³/mol. The number of nitrogens with two attached hydrogens (primary N) is 1. The first-order valence-electron chi connectivity index (χ1n) is 5.96. The molecule has 0 aliphatic carbocycles. The van der Waals surface area contributed by atoms with Crippen LogP contribution < -0.4 is 16.0 Å². The Morgan fingerprint density at radius 2 is 2.20 bits per heavy atom. The van der Waals surface area contributed by atoms with Gasteiger partial charge in [-0.2, -0.15) is 9.61 Å². The van der Waals surface area contributed by atoms with E-state index in [9.17, 15) is 4.79 Å². The van der Waals surface area contributed by atoms with E-state index in [0.29, 0.717) is 21.4 Å². The molecule has 6 nitrogen and oxygen atoms in total. The van der Waals surface area contributed by atoms with Crippen LogP contribution in [0.1, 0.15) is 5.69 Å². The number of methoxy groups -OCH3 is 1. The molecule has 2 aromatic heterocycles. The van der Waals surface area contributed by atoms with Gasteiger partial charge in [0.15, 0.2) is 5.01 Å². The van der Waals surface area contributed by atoms with Gasteiger partial charge in [-0.3, -0.25) is 4.79 Å². The number of benzene rings is 1. The van der Waals surface area contributed by atoms with Crippen molar-refractivity contribution in [2.45, 2.75) is 6.54 Å². The number of para-hydroxylation sites is 1. The van der Waals surface area contributed by atoms with Gasteiger partial charge in [-0.05, 0) is 12.1 Å². The Bertz CT molecular complexity index is 825. The molecule has 0 bridgehead atoms. The highest BCUT2D eigenvalue weighted by Crippen LogP contribution is 2.31. The third-order valence-corrected chi connectivity index (χ3v) is 3.79. The summed E-state index contributed by atoms with van der Waals surface area (Å²) in [5.41, 5.74) is 6.69. The highest BCUT2D eigenvalue weighted by Gasteiger charge is 2.13. The third-order valence-electron chi connectivity index (χ3n) is 2.84. The second kappa shape index (κ2) is 5.03. The van der Waals surface area contributed by atoms with Gasteiger partial charge in [0.05, 0.1) is 18.4 Å².